The molecule has 0 spiro atoms. The molecule has 1 unspecified atom stereocenters. The Hall–Kier alpha value is -2.33. The van der Waals surface area contributed by atoms with Crippen molar-refractivity contribution in [2.75, 3.05) is 13.3 Å². The molecule has 152 valence electrons. The van der Waals surface area contributed by atoms with E-state index < -0.39 is 6.23 Å². The van der Waals surface area contributed by atoms with E-state index in [1.54, 1.807) is 0 Å². The number of nitrogens with one attached hydrogen (secondary N) is 1. The first-order valence-electron chi connectivity index (χ1n) is 9.95. The smallest absolute Gasteiger partial charge is 0.150 e. The average molecular weight is 386 g/mol. The average Bonchev–Trinajstić information content (AvgIpc) is 2.64. The molecule has 1 atom stereocenters. The lowest BCUT2D eigenvalue weighted by atomic mass is 9.94. The van der Waals surface area contributed by atoms with Gasteiger partial charge in [0, 0.05) is 24.1 Å². The van der Waals surface area contributed by atoms with E-state index in [1.165, 1.54) is 0 Å². The van der Waals surface area contributed by atoms with Crippen molar-refractivity contribution < 1.29 is 14.2 Å². The minimum absolute atomic E-state index is 0.374. The third kappa shape index (κ3) is 6.38. The van der Waals surface area contributed by atoms with Gasteiger partial charge >= 0.3 is 0 Å². The second kappa shape index (κ2) is 10.9. The maximum atomic E-state index is 12.8. The van der Waals surface area contributed by atoms with Crippen molar-refractivity contribution in [2.24, 2.45) is 5.92 Å². The van der Waals surface area contributed by atoms with E-state index in [4.69, 9.17) is 4.74 Å². The highest BCUT2D eigenvalue weighted by Crippen LogP contribution is 2.23. The van der Waals surface area contributed by atoms with Gasteiger partial charge < -0.3 is 15.2 Å². The molecule has 28 heavy (non-hydrogen) atoms. The number of aryl methyl sites for hydroxylation is 1. The molecule has 0 fully saturated rings. The monoisotopic (exact) mass is 385 g/mol. The topological polar surface area (TPSA) is 41.5 Å². The number of ether oxygens (including phenoxy) is 1. The third-order valence-corrected chi connectivity index (χ3v) is 4.56. The molecule has 0 aliphatic heterocycles. The summed E-state index contributed by atoms with van der Waals surface area (Å²) in [7, 11) is 0. The number of para-hydroxylation sites is 1. The fourth-order valence-electron chi connectivity index (χ4n) is 3.30. The Morgan fingerprint density at radius 3 is 2.57 bits per heavy atom. The van der Waals surface area contributed by atoms with Crippen LogP contribution < -0.4 is 10.1 Å². The summed E-state index contributed by atoms with van der Waals surface area (Å²) >= 11 is 0. The van der Waals surface area contributed by atoms with E-state index in [-0.39, 0.29) is 6.67 Å². The summed E-state index contributed by atoms with van der Waals surface area (Å²) in [6.07, 6.45) is 0.967. The van der Waals surface area contributed by atoms with Crippen molar-refractivity contribution in [3.63, 3.8) is 0 Å². The number of benzene rings is 2. The van der Waals surface area contributed by atoms with E-state index in [0.717, 1.165) is 34.4 Å². The Kier molecular flexibility index (Phi) is 8.52. The minimum Gasteiger partial charge on any atom is -0.494 e. The second-order valence-corrected chi connectivity index (χ2v) is 7.43. The molecule has 3 nitrogen and oxygen atoms in total. The molecule has 0 saturated carbocycles. The predicted molar refractivity (Wildman–Crippen MR) is 113 cm³/mol. The van der Waals surface area contributed by atoms with Crippen LogP contribution in [-0.4, -0.2) is 18.4 Å². The van der Waals surface area contributed by atoms with Crippen LogP contribution in [0.1, 0.15) is 49.3 Å². The summed E-state index contributed by atoms with van der Waals surface area (Å²) < 4.78 is 18.5. The zero-order valence-corrected chi connectivity index (χ0v) is 17.2. The summed E-state index contributed by atoms with van der Waals surface area (Å²) in [6.45, 7) is 10.5. The molecule has 0 aliphatic rings. The fraction of sp³-hybridized carbons (Fsp3) is 0.417. The lowest BCUT2D eigenvalue weighted by molar-refractivity contribution is 0.150. The molecule has 0 amide bonds. The van der Waals surface area contributed by atoms with Gasteiger partial charge in [0.1, 0.15) is 5.75 Å². The molecule has 4 heteroatoms. The van der Waals surface area contributed by atoms with Crippen LogP contribution >= 0.6 is 0 Å². The van der Waals surface area contributed by atoms with Gasteiger partial charge in [-0.3, -0.25) is 4.39 Å². The highest BCUT2D eigenvalue weighted by atomic mass is 19.1. The van der Waals surface area contributed by atoms with Crippen LogP contribution in [0.5, 0.6) is 5.75 Å². The number of alkyl halides is 1. The van der Waals surface area contributed by atoms with E-state index in [2.05, 4.69) is 25.7 Å². The maximum Gasteiger partial charge on any atom is 0.150 e. The number of hydrogen-bond donors (Lipinski definition) is 2. The normalized spacial score (nSPS) is 12.1. The van der Waals surface area contributed by atoms with Gasteiger partial charge in [0.15, 0.2) is 6.23 Å². The van der Waals surface area contributed by atoms with Crippen molar-refractivity contribution >= 4 is 0 Å². The SMILES string of the molecule is C=C(Cc1ccccc1OCC)NC(O)c1ccc(CCF)c(CC(C)C)c1. The second-order valence-electron chi connectivity index (χ2n) is 7.43. The molecule has 2 rings (SSSR count). The van der Waals surface area contributed by atoms with E-state index >= 15 is 0 Å². The molecule has 0 aromatic heterocycles. The van der Waals surface area contributed by atoms with Crippen LogP contribution in [0, 0.1) is 5.92 Å². The molecule has 0 radical (unpaired) electrons. The van der Waals surface area contributed by atoms with Crippen LogP contribution in [0.2, 0.25) is 0 Å². The van der Waals surface area contributed by atoms with Crippen molar-refractivity contribution in [2.45, 2.75) is 46.3 Å². The zero-order chi connectivity index (χ0) is 20.5. The summed E-state index contributed by atoms with van der Waals surface area (Å²) in [6, 6.07) is 13.6. The number of halogens is 1. The van der Waals surface area contributed by atoms with Gasteiger partial charge in [0.05, 0.1) is 13.3 Å². The Morgan fingerprint density at radius 1 is 1.14 bits per heavy atom. The molecule has 2 aromatic rings. The van der Waals surface area contributed by atoms with Gasteiger partial charge in [0.25, 0.3) is 0 Å². The highest BCUT2D eigenvalue weighted by Gasteiger charge is 2.13. The molecule has 0 bridgehead atoms. The molecule has 0 saturated heterocycles. The number of aliphatic hydroxyl groups excluding tert-OH is 1. The molecule has 0 aliphatic carbocycles. The molecule has 2 aromatic carbocycles. The van der Waals surface area contributed by atoms with Gasteiger partial charge in [-0.05, 0) is 42.0 Å². The van der Waals surface area contributed by atoms with Gasteiger partial charge in [-0.1, -0.05) is 56.8 Å². The van der Waals surface area contributed by atoms with Crippen molar-refractivity contribution in [1.82, 2.24) is 5.32 Å². The number of rotatable bonds is 11. The first-order valence-corrected chi connectivity index (χ1v) is 9.95. The molecular formula is C24H32FNO2. The predicted octanol–water partition coefficient (Wildman–Crippen LogP) is 5.13. The Morgan fingerprint density at radius 2 is 1.89 bits per heavy atom. The van der Waals surface area contributed by atoms with Gasteiger partial charge in [0.2, 0.25) is 0 Å². The third-order valence-electron chi connectivity index (χ3n) is 4.56. The van der Waals surface area contributed by atoms with E-state index in [0.29, 0.717) is 31.1 Å². The van der Waals surface area contributed by atoms with Crippen LogP contribution in [0.4, 0.5) is 4.39 Å². The molecule has 2 N–H and O–H groups in total. The fourth-order valence-corrected chi connectivity index (χ4v) is 3.30. The largest absolute Gasteiger partial charge is 0.494 e. The summed E-state index contributed by atoms with van der Waals surface area (Å²) in [5, 5.41) is 13.7. The first kappa shape index (κ1) is 22.0. The number of hydrogen-bond acceptors (Lipinski definition) is 3. The van der Waals surface area contributed by atoms with Crippen LogP contribution in [0.25, 0.3) is 0 Å². The van der Waals surface area contributed by atoms with Crippen LogP contribution in [0.3, 0.4) is 0 Å². The summed E-state index contributed by atoms with van der Waals surface area (Å²) in [4.78, 5) is 0. The summed E-state index contributed by atoms with van der Waals surface area (Å²) in [5.74, 6) is 1.29. The highest BCUT2D eigenvalue weighted by molar-refractivity contribution is 5.37. The lowest BCUT2D eigenvalue weighted by Crippen LogP contribution is -2.21. The van der Waals surface area contributed by atoms with Crippen molar-refractivity contribution in [1.29, 1.82) is 0 Å². The van der Waals surface area contributed by atoms with E-state index in [9.17, 15) is 9.50 Å². The number of aliphatic hydroxyl groups is 1. The van der Waals surface area contributed by atoms with Gasteiger partial charge in [-0.25, -0.2) is 0 Å². The van der Waals surface area contributed by atoms with Crippen LogP contribution in [-0.2, 0) is 19.3 Å². The Labute approximate surface area is 168 Å². The Bertz CT molecular complexity index is 773. The lowest BCUT2D eigenvalue weighted by Gasteiger charge is -2.20. The maximum absolute atomic E-state index is 12.8. The molecular weight excluding hydrogens is 353 g/mol. The van der Waals surface area contributed by atoms with Crippen molar-refractivity contribution in [3.05, 3.63) is 77.0 Å². The standard InChI is InChI=1S/C24H32FNO2/c1-5-28-23-9-7-6-8-20(23)15-18(4)26-24(27)21-11-10-19(12-13-25)22(16-21)14-17(2)3/h6-11,16-17,24,26-27H,4-5,12-15H2,1-3H3. The summed E-state index contributed by atoms with van der Waals surface area (Å²) in [5.41, 5.74) is 4.60. The molecule has 0 heterocycles. The van der Waals surface area contributed by atoms with Crippen molar-refractivity contribution in [3.8, 4) is 5.75 Å². The van der Waals surface area contributed by atoms with Gasteiger partial charge in [-0.15, -0.1) is 0 Å². The van der Waals surface area contributed by atoms with Crippen LogP contribution in [0.15, 0.2) is 54.7 Å². The Balaban J connectivity index is 2.09. The quantitative estimate of drug-likeness (QED) is 0.527. The van der Waals surface area contributed by atoms with E-state index in [1.807, 2.05) is 49.4 Å². The zero-order valence-electron chi connectivity index (χ0n) is 17.2. The number of allylic oxidation sites excluding steroid dienone is 1. The minimum atomic E-state index is -0.864. The van der Waals surface area contributed by atoms with Gasteiger partial charge in [-0.2, -0.15) is 0 Å². The first-order chi connectivity index (χ1) is 13.4.